The quantitative estimate of drug-likeness (QED) is 0.795. The van der Waals surface area contributed by atoms with Crippen LogP contribution in [0.1, 0.15) is 18.4 Å². The summed E-state index contributed by atoms with van der Waals surface area (Å²) in [6, 6.07) is 9.60. The molecule has 6 heteroatoms. The van der Waals surface area contributed by atoms with Gasteiger partial charge in [0.1, 0.15) is 6.61 Å². The Labute approximate surface area is 128 Å². The fourth-order valence-electron chi connectivity index (χ4n) is 3.41. The lowest BCUT2D eigenvalue weighted by atomic mass is 9.89. The predicted molar refractivity (Wildman–Crippen MR) is 77.8 cm³/mol. The van der Waals surface area contributed by atoms with Crippen molar-refractivity contribution < 1.29 is 19.1 Å². The van der Waals surface area contributed by atoms with Gasteiger partial charge in [-0.25, -0.2) is 0 Å². The zero-order chi connectivity index (χ0) is 15.7. The normalized spacial score (nSPS) is 27.0. The third-order valence-electron chi connectivity index (χ3n) is 4.49. The van der Waals surface area contributed by atoms with Crippen LogP contribution >= 0.6 is 0 Å². The van der Waals surface area contributed by atoms with Crippen LogP contribution in [-0.2, 0) is 25.5 Å². The summed E-state index contributed by atoms with van der Waals surface area (Å²) < 4.78 is 5.35. The smallest absolute Gasteiger partial charge is 0.254 e. The molecular weight excluding hydrogens is 284 g/mol. The van der Waals surface area contributed by atoms with E-state index in [0.717, 1.165) is 5.56 Å². The number of likely N-dealkylation sites (tertiary alicyclic amines) is 1. The van der Waals surface area contributed by atoms with Crippen LogP contribution in [0.15, 0.2) is 30.3 Å². The van der Waals surface area contributed by atoms with Crippen molar-refractivity contribution in [2.45, 2.75) is 30.9 Å². The van der Waals surface area contributed by atoms with Crippen molar-refractivity contribution in [3.05, 3.63) is 35.9 Å². The van der Waals surface area contributed by atoms with E-state index in [-0.39, 0.29) is 18.9 Å². The Morgan fingerprint density at radius 2 is 2.05 bits per heavy atom. The number of aryl methyl sites for hydroxylation is 1. The molecule has 2 aliphatic rings. The van der Waals surface area contributed by atoms with Gasteiger partial charge in [-0.15, -0.1) is 0 Å². The SMILES string of the molecule is NC(=O)C12C(=O)CO[C@H]1CCN2C(=O)CCc1ccccc1. The monoisotopic (exact) mass is 302 g/mol. The van der Waals surface area contributed by atoms with Crippen LogP contribution in [0.25, 0.3) is 0 Å². The molecule has 6 nitrogen and oxygen atoms in total. The van der Waals surface area contributed by atoms with Crippen LogP contribution in [0.3, 0.4) is 0 Å². The minimum absolute atomic E-state index is 0.157. The molecule has 2 saturated heterocycles. The van der Waals surface area contributed by atoms with Crippen LogP contribution in [0, 0.1) is 0 Å². The lowest BCUT2D eigenvalue weighted by Crippen LogP contribution is -2.63. The number of ketones is 1. The topological polar surface area (TPSA) is 89.7 Å². The molecule has 22 heavy (non-hydrogen) atoms. The summed E-state index contributed by atoms with van der Waals surface area (Å²) in [6.45, 7) is 0.170. The second-order valence-corrected chi connectivity index (χ2v) is 5.67. The maximum atomic E-state index is 12.5. The van der Waals surface area contributed by atoms with Gasteiger partial charge in [0, 0.05) is 13.0 Å². The van der Waals surface area contributed by atoms with Gasteiger partial charge < -0.3 is 15.4 Å². The number of fused-ring (bicyclic) bond motifs is 1. The van der Waals surface area contributed by atoms with E-state index in [1.807, 2.05) is 30.3 Å². The highest BCUT2D eigenvalue weighted by Gasteiger charge is 2.64. The second kappa shape index (κ2) is 5.53. The Morgan fingerprint density at radius 1 is 1.32 bits per heavy atom. The first-order valence-electron chi connectivity index (χ1n) is 7.36. The summed E-state index contributed by atoms with van der Waals surface area (Å²) in [5, 5.41) is 0. The number of nitrogens with zero attached hydrogens (tertiary/aromatic N) is 1. The summed E-state index contributed by atoms with van der Waals surface area (Å²) in [4.78, 5) is 38.0. The zero-order valence-electron chi connectivity index (χ0n) is 12.2. The molecule has 2 amide bonds. The largest absolute Gasteiger partial charge is 0.367 e. The average molecular weight is 302 g/mol. The highest BCUT2D eigenvalue weighted by Crippen LogP contribution is 2.38. The molecule has 1 unspecified atom stereocenters. The van der Waals surface area contributed by atoms with Crippen LogP contribution in [0.4, 0.5) is 0 Å². The molecule has 2 fully saturated rings. The summed E-state index contributed by atoms with van der Waals surface area (Å²) in [5.74, 6) is -1.43. The number of Topliss-reactive ketones (excluding diaryl/α,β-unsaturated/α-hetero) is 1. The number of carbonyl (C=O) groups is 3. The minimum Gasteiger partial charge on any atom is -0.367 e. The fourth-order valence-corrected chi connectivity index (χ4v) is 3.41. The molecule has 1 aromatic rings. The van der Waals surface area contributed by atoms with Crippen molar-refractivity contribution in [1.82, 2.24) is 4.90 Å². The average Bonchev–Trinajstić information content (AvgIpc) is 3.05. The van der Waals surface area contributed by atoms with Crippen molar-refractivity contribution in [1.29, 1.82) is 0 Å². The lowest BCUT2D eigenvalue weighted by molar-refractivity contribution is -0.150. The number of carbonyl (C=O) groups excluding carboxylic acids is 3. The maximum absolute atomic E-state index is 12.5. The van der Waals surface area contributed by atoms with Gasteiger partial charge in [-0.05, 0) is 18.4 Å². The summed E-state index contributed by atoms with van der Waals surface area (Å²) in [6.07, 6.45) is 0.661. The maximum Gasteiger partial charge on any atom is 0.254 e. The summed E-state index contributed by atoms with van der Waals surface area (Å²) in [7, 11) is 0. The van der Waals surface area contributed by atoms with E-state index in [9.17, 15) is 14.4 Å². The van der Waals surface area contributed by atoms with Crippen molar-refractivity contribution >= 4 is 17.6 Å². The summed E-state index contributed by atoms with van der Waals surface area (Å²) >= 11 is 0. The predicted octanol–water partition coefficient (Wildman–Crippen LogP) is 0.0435. The number of benzene rings is 1. The van der Waals surface area contributed by atoms with Gasteiger partial charge in [0.2, 0.25) is 11.4 Å². The van der Waals surface area contributed by atoms with Gasteiger partial charge in [-0.2, -0.15) is 0 Å². The zero-order valence-corrected chi connectivity index (χ0v) is 12.2. The molecule has 0 saturated carbocycles. The minimum atomic E-state index is -1.59. The van der Waals surface area contributed by atoms with Gasteiger partial charge in [0.15, 0.2) is 5.78 Å². The van der Waals surface area contributed by atoms with Gasteiger partial charge in [0.05, 0.1) is 6.10 Å². The van der Waals surface area contributed by atoms with E-state index in [2.05, 4.69) is 0 Å². The summed E-state index contributed by atoms with van der Waals surface area (Å²) in [5.41, 5.74) is 4.91. The Balaban J connectivity index is 1.77. The standard InChI is InChI=1S/C16H18N2O4/c17-15(21)16-12(19)10-22-13(16)8-9-18(16)14(20)7-6-11-4-2-1-3-5-11/h1-5,13H,6-10H2,(H2,17,21)/t13-,16?/m0/s1. The van der Waals surface area contributed by atoms with E-state index in [1.54, 1.807) is 0 Å². The molecule has 3 rings (SSSR count). The molecule has 1 aromatic carbocycles. The van der Waals surface area contributed by atoms with E-state index in [4.69, 9.17) is 10.5 Å². The van der Waals surface area contributed by atoms with Crippen LogP contribution in [0.2, 0.25) is 0 Å². The second-order valence-electron chi connectivity index (χ2n) is 5.67. The van der Waals surface area contributed by atoms with Crippen molar-refractivity contribution in [3.8, 4) is 0 Å². The molecule has 2 atom stereocenters. The van der Waals surface area contributed by atoms with Crippen LogP contribution in [0.5, 0.6) is 0 Å². The highest BCUT2D eigenvalue weighted by molar-refractivity contribution is 6.15. The van der Waals surface area contributed by atoms with E-state index < -0.39 is 23.3 Å². The molecule has 0 bridgehead atoms. The number of primary amides is 1. The van der Waals surface area contributed by atoms with E-state index in [1.165, 1.54) is 4.90 Å². The van der Waals surface area contributed by atoms with Gasteiger partial charge in [-0.1, -0.05) is 30.3 Å². The van der Waals surface area contributed by atoms with E-state index in [0.29, 0.717) is 19.4 Å². The number of hydrogen-bond acceptors (Lipinski definition) is 4. The first-order chi connectivity index (χ1) is 10.6. The Hall–Kier alpha value is -2.21. The molecular formula is C16H18N2O4. The highest BCUT2D eigenvalue weighted by atomic mass is 16.5. The fraction of sp³-hybridized carbons (Fsp3) is 0.438. The number of ether oxygens (including phenoxy) is 1. The molecule has 0 aromatic heterocycles. The molecule has 0 radical (unpaired) electrons. The molecule has 2 aliphatic heterocycles. The Morgan fingerprint density at radius 3 is 2.73 bits per heavy atom. The Kier molecular flexibility index (Phi) is 3.70. The van der Waals surface area contributed by atoms with Gasteiger partial charge in [-0.3, -0.25) is 14.4 Å². The molecule has 2 N–H and O–H groups in total. The number of amides is 2. The molecule has 116 valence electrons. The van der Waals surface area contributed by atoms with E-state index >= 15 is 0 Å². The number of nitrogens with two attached hydrogens (primary N) is 1. The Bertz CT molecular complexity index is 616. The van der Waals surface area contributed by atoms with Crippen molar-refractivity contribution in [3.63, 3.8) is 0 Å². The first-order valence-corrected chi connectivity index (χ1v) is 7.36. The van der Waals surface area contributed by atoms with Crippen molar-refractivity contribution in [2.24, 2.45) is 5.73 Å². The third-order valence-corrected chi connectivity index (χ3v) is 4.49. The van der Waals surface area contributed by atoms with Crippen LogP contribution in [-0.4, -0.2) is 47.3 Å². The molecule has 2 heterocycles. The lowest BCUT2D eigenvalue weighted by Gasteiger charge is -2.32. The van der Waals surface area contributed by atoms with Gasteiger partial charge >= 0.3 is 0 Å². The van der Waals surface area contributed by atoms with Crippen molar-refractivity contribution in [2.75, 3.05) is 13.2 Å². The number of hydrogen-bond donors (Lipinski definition) is 1. The first kappa shape index (κ1) is 14.7. The third kappa shape index (κ3) is 2.11. The number of rotatable bonds is 4. The molecule has 0 spiro atoms. The van der Waals surface area contributed by atoms with Crippen LogP contribution < -0.4 is 5.73 Å². The van der Waals surface area contributed by atoms with Gasteiger partial charge in [0.25, 0.3) is 5.91 Å². The molecule has 0 aliphatic carbocycles.